The smallest absolute Gasteiger partial charge is 0.220 e. The molecule has 0 aliphatic carbocycles. The first-order valence-electron chi connectivity index (χ1n) is 32.4. The lowest BCUT2D eigenvalue weighted by Crippen LogP contribution is -2.65. The fourth-order valence-electron chi connectivity index (χ4n) is 11.0. The van der Waals surface area contributed by atoms with Crippen LogP contribution in [0.3, 0.4) is 0 Å². The molecule has 9 N–H and O–H groups in total. The van der Waals surface area contributed by atoms with Crippen LogP contribution >= 0.6 is 0 Å². The molecule has 14 heteroatoms. The highest BCUT2D eigenvalue weighted by Gasteiger charge is 2.51. The van der Waals surface area contributed by atoms with Gasteiger partial charge in [-0.3, -0.25) is 4.79 Å². The predicted molar refractivity (Wildman–Crippen MR) is 309 cm³/mol. The minimum Gasteiger partial charge on any atom is -0.394 e. The average Bonchev–Trinajstić information content (AvgIpc) is 3.44. The molecule has 0 aromatic heterocycles. The SMILES string of the molecule is CCCCCCCCCCC/C=C/C(O)C(COC1OC(CO)C(OC2OC(CO)C(O)C(O)C2O)C(O)C1O)NC(=O)CCCCCCCCCCCCCCCCCCCCCCCCCCCCCCCCCC. The van der Waals surface area contributed by atoms with Crippen LogP contribution in [0.25, 0.3) is 0 Å². The number of allylic oxidation sites excluding steroid dienone is 1. The first-order chi connectivity index (χ1) is 37.6. The molecule has 0 bridgehead atoms. The molecule has 456 valence electrons. The number of carbonyl (C=O) groups is 1. The van der Waals surface area contributed by atoms with Crippen molar-refractivity contribution in [3.05, 3.63) is 12.2 Å². The summed E-state index contributed by atoms with van der Waals surface area (Å²) < 4.78 is 22.8. The maximum Gasteiger partial charge on any atom is 0.220 e. The lowest BCUT2D eigenvalue weighted by molar-refractivity contribution is -0.359. The van der Waals surface area contributed by atoms with Gasteiger partial charge in [0.15, 0.2) is 12.6 Å². The Hall–Kier alpha value is -1.27. The minimum absolute atomic E-state index is 0.234. The molecule has 12 unspecified atom stereocenters. The number of amides is 1. The quantitative estimate of drug-likeness (QED) is 0.0204. The van der Waals surface area contributed by atoms with Crippen LogP contribution in [0.2, 0.25) is 0 Å². The Kier molecular flexibility index (Phi) is 46.0. The zero-order valence-corrected chi connectivity index (χ0v) is 49.2. The zero-order valence-electron chi connectivity index (χ0n) is 49.2. The van der Waals surface area contributed by atoms with Gasteiger partial charge in [-0.1, -0.05) is 276 Å². The number of rotatable bonds is 53. The molecule has 12 atom stereocenters. The van der Waals surface area contributed by atoms with Crippen LogP contribution in [0.15, 0.2) is 12.2 Å². The largest absolute Gasteiger partial charge is 0.394 e. The van der Waals surface area contributed by atoms with Crippen LogP contribution in [0.5, 0.6) is 0 Å². The van der Waals surface area contributed by atoms with Gasteiger partial charge in [-0.15, -0.1) is 0 Å². The lowest BCUT2D eigenvalue weighted by Gasteiger charge is -2.46. The minimum atomic E-state index is -1.78. The number of aliphatic hydroxyl groups excluding tert-OH is 8. The van der Waals surface area contributed by atoms with Gasteiger partial charge in [0.2, 0.25) is 5.91 Å². The number of carbonyl (C=O) groups excluding carboxylic acids is 1. The summed E-state index contributed by atoms with van der Waals surface area (Å²) in [6, 6.07) is -0.909. The van der Waals surface area contributed by atoms with Gasteiger partial charge in [0.05, 0.1) is 32.0 Å². The standard InChI is InChI=1S/C63H121NO13/c1-3-5-7-9-11-13-15-16-17-18-19-20-21-22-23-24-25-26-27-28-29-30-31-32-33-34-35-37-39-41-43-45-47-55(68)64-51(52(67)46-44-42-40-38-36-14-12-10-8-6-4-2)50-74-62-60(73)58(71)61(54(49-66)76-62)77-63-59(72)57(70)56(69)53(48-65)75-63/h44,46,51-54,56-63,65-67,69-73H,3-43,45,47-50H2,1-2H3,(H,64,68)/b46-44+. The van der Waals surface area contributed by atoms with E-state index in [0.29, 0.717) is 6.42 Å². The van der Waals surface area contributed by atoms with Crippen LogP contribution < -0.4 is 5.32 Å². The third-order valence-corrected chi connectivity index (χ3v) is 16.2. The Morgan fingerprint density at radius 1 is 0.455 bits per heavy atom. The van der Waals surface area contributed by atoms with Gasteiger partial charge in [-0.2, -0.15) is 0 Å². The third kappa shape index (κ3) is 34.7. The van der Waals surface area contributed by atoms with Crippen LogP contribution in [-0.2, 0) is 23.7 Å². The monoisotopic (exact) mass is 1100 g/mol. The van der Waals surface area contributed by atoms with Crippen molar-refractivity contribution in [2.24, 2.45) is 0 Å². The lowest BCUT2D eigenvalue weighted by atomic mass is 9.97. The van der Waals surface area contributed by atoms with Crippen molar-refractivity contribution in [1.82, 2.24) is 5.32 Å². The number of unbranched alkanes of at least 4 members (excludes halogenated alkanes) is 40. The van der Waals surface area contributed by atoms with Crippen LogP contribution in [0.4, 0.5) is 0 Å². The van der Waals surface area contributed by atoms with Crippen molar-refractivity contribution in [2.45, 2.75) is 364 Å². The fraction of sp³-hybridized carbons (Fsp3) is 0.952. The van der Waals surface area contributed by atoms with Gasteiger partial charge >= 0.3 is 0 Å². The molecule has 0 aromatic carbocycles. The normalized spacial score (nSPS) is 24.7. The van der Waals surface area contributed by atoms with E-state index in [1.165, 1.54) is 225 Å². The Morgan fingerprint density at radius 2 is 0.805 bits per heavy atom. The molecule has 14 nitrogen and oxygen atoms in total. The van der Waals surface area contributed by atoms with E-state index in [-0.39, 0.29) is 18.9 Å². The predicted octanol–water partition coefficient (Wildman–Crippen LogP) is 11.8. The molecule has 0 radical (unpaired) electrons. The van der Waals surface area contributed by atoms with Gasteiger partial charge in [-0.05, 0) is 19.3 Å². The third-order valence-electron chi connectivity index (χ3n) is 16.2. The molecule has 1 amide bonds. The topological polar surface area (TPSA) is 228 Å². The molecule has 2 fully saturated rings. The average molecular weight is 1100 g/mol. The molecule has 2 heterocycles. The molecular weight excluding hydrogens is 979 g/mol. The van der Waals surface area contributed by atoms with Crippen molar-refractivity contribution in [1.29, 1.82) is 0 Å². The zero-order chi connectivity index (χ0) is 56.0. The van der Waals surface area contributed by atoms with Gasteiger partial charge in [0, 0.05) is 6.42 Å². The summed E-state index contributed by atoms with van der Waals surface area (Å²) in [5.74, 6) is -0.234. The maximum atomic E-state index is 13.2. The van der Waals surface area contributed by atoms with Gasteiger partial charge < -0.3 is 65.1 Å². The number of nitrogens with one attached hydrogen (secondary N) is 1. The highest BCUT2D eigenvalue weighted by Crippen LogP contribution is 2.30. The summed E-state index contributed by atoms with van der Waals surface area (Å²) in [7, 11) is 0. The molecule has 0 spiro atoms. The Bertz CT molecular complexity index is 1340. The van der Waals surface area contributed by atoms with Gasteiger partial charge in [0.25, 0.3) is 0 Å². The summed E-state index contributed by atoms with van der Waals surface area (Å²) in [5, 5.41) is 87.0. The summed E-state index contributed by atoms with van der Waals surface area (Å²) in [6.45, 7) is 2.81. The number of ether oxygens (including phenoxy) is 4. The molecule has 2 saturated heterocycles. The van der Waals surface area contributed by atoms with E-state index in [4.69, 9.17) is 18.9 Å². The molecule has 0 saturated carbocycles. The van der Waals surface area contributed by atoms with Crippen molar-refractivity contribution < 1.29 is 64.6 Å². The van der Waals surface area contributed by atoms with Crippen molar-refractivity contribution in [3.8, 4) is 0 Å². The number of hydrogen-bond acceptors (Lipinski definition) is 13. The van der Waals surface area contributed by atoms with E-state index in [1.807, 2.05) is 6.08 Å². The summed E-state index contributed by atoms with van der Waals surface area (Å²) >= 11 is 0. The van der Waals surface area contributed by atoms with E-state index in [1.54, 1.807) is 6.08 Å². The molecule has 2 rings (SSSR count). The second-order valence-electron chi connectivity index (χ2n) is 23.3. The maximum absolute atomic E-state index is 13.2. The second-order valence-corrected chi connectivity index (χ2v) is 23.3. The summed E-state index contributed by atoms with van der Waals surface area (Å²) in [4.78, 5) is 13.2. The van der Waals surface area contributed by atoms with Crippen molar-refractivity contribution in [3.63, 3.8) is 0 Å². The van der Waals surface area contributed by atoms with Gasteiger partial charge in [-0.25, -0.2) is 0 Å². The molecule has 2 aliphatic heterocycles. The van der Waals surface area contributed by atoms with E-state index < -0.39 is 86.8 Å². The van der Waals surface area contributed by atoms with Crippen LogP contribution in [0.1, 0.15) is 290 Å². The Morgan fingerprint density at radius 3 is 1.19 bits per heavy atom. The fourth-order valence-corrected chi connectivity index (χ4v) is 11.0. The Balaban J connectivity index is 1.60. The number of aliphatic hydroxyl groups is 8. The Labute approximate surface area is 469 Å². The first kappa shape index (κ1) is 71.8. The molecular formula is C63H121NO13. The molecule has 2 aliphatic rings. The van der Waals surface area contributed by atoms with Gasteiger partial charge in [0.1, 0.15) is 48.8 Å². The van der Waals surface area contributed by atoms with E-state index in [9.17, 15) is 45.6 Å². The van der Waals surface area contributed by atoms with E-state index >= 15 is 0 Å². The van der Waals surface area contributed by atoms with Crippen molar-refractivity contribution in [2.75, 3.05) is 19.8 Å². The summed E-state index contributed by atoms with van der Waals surface area (Å²) in [6.07, 6.45) is 41.5. The van der Waals surface area contributed by atoms with Crippen molar-refractivity contribution >= 4 is 5.91 Å². The summed E-state index contributed by atoms with van der Waals surface area (Å²) in [5.41, 5.74) is 0. The highest BCUT2D eigenvalue weighted by molar-refractivity contribution is 5.76. The van der Waals surface area contributed by atoms with E-state index in [2.05, 4.69) is 19.2 Å². The first-order valence-corrected chi connectivity index (χ1v) is 32.4. The van der Waals surface area contributed by atoms with Crippen LogP contribution in [0, 0.1) is 0 Å². The van der Waals surface area contributed by atoms with Crippen LogP contribution in [-0.4, -0.2) is 140 Å². The molecule has 0 aromatic rings. The molecule has 77 heavy (non-hydrogen) atoms. The number of hydrogen-bond donors (Lipinski definition) is 9. The van der Waals surface area contributed by atoms with E-state index in [0.717, 1.165) is 38.5 Å². The second kappa shape index (κ2) is 49.3. The highest BCUT2D eigenvalue weighted by atomic mass is 16.7.